The lowest BCUT2D eigenvalue weighted by Crippen LogP contribution is -2.58. The van der Waals surface area contributed by atoms with Crippen LogP contribution < -0.4 is 49.5 Å². The number of rotatable bonds is 22. The molecule has 262 valence electrons. The Morgan fingerprint density at radius 3 is 1.89 bits per heavy atom. The standard InChI is InChI=1S/C30H56N10O6/c1-8-18(7)24(40-27(44)20(9-2)38-26(43)19(31)13-16(3)4)29(46)36-15-23(41)37-21(11-10-12-35-30(33)34)28(45)39-22(25(32)42)14-17(5)6/h9,16-22,24H,2,8,10-15,31H2,1,3-7H3,(H2,32,42)(H,36,46)(H,37,41)(H,38,43)(H,39,45)(H,40,44)(H4,33,34,35)/t18-,19-,20?,21-,22-,24-/m0/s1. The summed E-state index contributed by atoms with van der Waals surface area (Å²) < 4.78 is 0. The van der Waals surface area contributed by atoms with E-state index in [1.165, 1.54) is 6.08 Å². The highest BCUT2D eigenvalue weighted by molar-refractivity contribution is 5.96. The number of nitrogens with two attached hydrogens (primary N) is 4. The minimum absolute atomic E-state index is 0.0577. The van der Waals surface area contributed by atoms with E-state index in [-0.39, 0.29) is 36.7 Å². The molecule has 0 aliphatic carbocycles. The average Bonchev–Trinajstić information content (AvgIpc) is 2.96. The van der Waals surface area contributed by atoms with Crippen LogP contribution in [0.5, 0.6) is 0 Å². The molecule has 0 aliphatic rings. The van der Waals surface area contributed by atoms with Gasteiger partial charge in [0.15, 0.2) is 5.96 Å². The van der Waals surface area contributed by atoms with E-state index >= 15 is 0 Å². The highest BCUT2D eigenvalue weighted by Gasteiger charge is 2.31. The molecule has 0 aromatic carbocycles. The van der Waals surface area contributed by atoms with Crippen LogP contribution in [-0.4, -0.2) is 84.7 Å². The summed E-state index contributed by atoms with van der Waals surface area (Å²) in [6.45, 7) is 14.4. The Balaban J connectivity index is 5.56. The van der Waals surface area contributed by atoms with Gasteiger partial charge in [-0.05, 0) is 43.4 Å². The molecular weight excluding hydrogens is 596 g/mol. The van der Waals surface area contributed by atoms with Gasteiger partial charge in [-0.25, -0.2) is 0 Å². The molecule has 6 atom stereocenters. The van der Waals surface area contributed by atoms with Crippen LogP contribution in [0.25, 0.3) is 0 Å². The smallest absolute Gasteiger partial charge is 0.247 e. The molecule has 0 saturated carbocycles. The average molecular weight is 653 g/mol. The van der Waals surface area contributed by atoms with E-state index in [1.807, 2.05) is 34.6 Å². The number of nitrogens with zero attached hydrogens (tertiary/aromatic N) is 1. The molecule has 0 bridgehead atoms. The normalized spacial score (nSPS) is 14.9. The van der Waals surface area contributed by atoms with Crippen molar-refractivity contribution in [2.24, 2.45) is 45.7 Å². The fourth-order valence-electron chi connectivity index (χ4n) is 4.34. The highest BCUT2D eigenvalue weighted by atomic mass is 16.2. The Kier molecular flexibility index (Phi) is 19.5. The number of amides is 6. The summed E-state index contributed by atoms with van der Waals surface area (Å²) in [5, 5.41) is 12.8. The molecule has 0 rings (SSSR count). The van der Waals surface area contributed by atoms with Gasteiger partial charge < -0.3 is 49.5 Å². The number of carbonyl (C=O) groups excluding carboxylic acids is 6. The second-order valence-corrected chi connectivity index (χ2v) is 12.2. The van der Waals surface area contributed by atoms with Crippen molar-refractivity contribution in [3.63, 3.8) is 0 Å². The minimum Gasteiger partial charge on any atom is -0.370 e. The zero-order valence-corrected chi connectivity index (χ0v) is 28.1. The summed E-state index contributed by atoms with van der Waals surface area (Å²) in [6.07, 6.45) is 2.90. The van der Waals surface area contributed by atoms with E-state index in [2.05, 4.69) is 38.2 Å². The van der Waals surface area contributed by atoms with Gasteiger partial charge in [-0.1, -0.05) is 54.0 Å². The lowest BCUT2D eigenvalue weighted by molar-refractivity contribution is -0.134. The summed E-state index contributed by atoms with van der Waals surface area (Å²) in [7, 11) is 0. The van der Waals surface area contributed by atoms with Gasteiger partial charge in [0.25, 0.3) is 0 Å². The Bertz CT molecular complexity index is 1080. The summed E-state index contributed by atoms with van der Waals surface area (Å²) in [6, 6.07) is -5.06. The summed E-state index contributed by atoms with van der Waals surface area (Å²) in [5.74, 6) is -4.15. The van der Waals surface area contributed by atoms with Gasteiger partial charge >= 0.3 is 0 Å². The Morgan fingerprint density at radius 1 is 0.783 bits per heavy atom. The van der Waals surface area contributed by atoms with Crippen LogP contribution in [0.3, 0.4) is 0 Å². The van der Waals surface area contributed by atoms with E-state index in [0.29, 0.717) is 25.7 Å². The Hall–Kier alpha value is -4.21. The van der Waals surface area contributed by atoms with Crippen molar-refractivity contribution < 1.29 is 28.8 Å². The maximum Gasteiger partial charge on any atom is 0.247 e. The van der Waals surface area contributed by atoms with Crippen molar-refractivity contribution in [1.82, 2.24) is 26.6 Å². The quantitative estimate of drug-likeness (QED) is 0.0277. The molecule has 6 amide bonds. The first-order chi connectivity index (χ1) is 21.4. The lowest BCUT2D eigenvalue weighted by Gasteiger charge is -2.26. The van der Waals surface area contributed by atoms with Gasteiger partial charge in [-0.15, -0.1) is 6.58 Å². The second-order valence-electron chi connectivity index (χ2n) is 12.2. The molecular formula is C30H56N10O6. The highest BCUT2D eigenvalue weighted by Crippen LogP contribution is 2.10. The maximum atomic E-state index is 13.2. The van der Waals surface area contributed by atoms with Crippen molar-refractivity contribution in [3.8, 4) is 0 Å². The molecule has 0 fully saturated rings. The minimum atomic E-state index is -1.15. The zero-order chi connectivity index (χ0) is 35.6. The van der Waals surface area contributed by atoms with E-state index < -0.39 is 72.2 Å². The third-order valence-corrected chi connectivity index (χ3v) is 7.06. The van der Waals surface area contributed by atoms with Crippen LogP contribution in [-0.2, 0) is 28.8 Å². The second kappa shape index (κ2) is 21.5. The number of primary amides is 1. The molecule has 0 radical (unpaired) electrons. The van der Waals surface area contributed by atoms with Gasteiger partial charge in [0.05, 0.1) is 12.6 Å². The molecule has 0 saturated heterocycles. The van der Waals surface area contributed by atoms with Crippen molar-refractivity contribution in [2.75, 3.05) is 13.1 Å². The molecule has 0 heterocycles. The summed E-state index contributed by atoms with van der Waals surface area (Å²) in [5.41, 5.74) is 22.1. The van der Waals surface area contributed by atoms with Crippen molar-refractivity contribution >= 4 is 41.4 Å². The van der Waals surface area contributed by atoms with Crippen LogP contribution in [0.1, 0.15) is 73.6 Å². The van der Waals surface area contributed by atoms with Crippen LogP contribution >= 0.6 is 0 Å². The first kappa shape index (κ1) is 41.8. The first-order valence-electron chi connectivity index (χ1n) is 15.6. The predicted molar refractivity (Wildman–Crippen MR) is 176 cm³/mol. The summed E-state index contributed by atoms with van der Waals surface area (Å²) in [4.78, 5) is 80.4. The van der Waals surface area contributed by atoms with Crippen molar-refractivity contribution in [3.05, 3.63) is 12.7 Å². The maximum absolute atomic E-state index is 13.2. The van der Waals surface area contributed by atoms with Gasteiger partial charge in [-0.3, -0.25) is 33.8 Å². The van der Waals surface area contributed by atoms with Crippen LogP contribution in [0, 0.1) is 17.8 Å². The van der Waals surface area contributed by atoms with E-state index in [9.17, 15) is 28.8 Å². The first-order valence-corrected chi connectivity index (χ1v) is 15.6. The molecule has 16 nitrogen and oxygen atoms in total. The SMILES string of the molecule is C=CC(NC(=O)[C@@H](N)CC(C)C)C(=O)N[C@H](C(=O)NCC(=O)N[C@@H](CCCN=C(N)N)C(=O)N[C@@H](CC(C)C)C(N)=O)[C@@H](C)CC. The molecule has 0 aromatic rings. The predicted octanol–water partition coefficient (Wildman–Crippen LogP) is -1.77. The number of aliphatic imine (C=N–C) groups is 1. The van der Waals surface area contributed by atoms with E-state index in [1.54, 1.807) is 6.92 Å². The molecule has 0 aromatic heterocycles. The number of guanidine groups is 1. The fraction of sp³-hybridized carbons (Fsp3) is 0.700. The lowest BCUT2D eigenvalue weighted by atomic mass is 9.97. The van der Waals surface area contributed by atoms with Gasteiger partial charge in [0.2, 0.25) is 35.4 Å². The monoisotopic (exact) mass is 652 g/mol. The Morgan fingerprint density at radius 2 is 1.39 bits per heavy atom. The molecule has 1 unspecified atom stereocenters. The largest absolute Gasteiger partial charge is 0.370 e. The van der Waals surface area contributed by atoms with Crippen LogP contribution in [0.15, 0.2) is 17.6 Å². The topological polar surface area (TPSA) is 279 Å². The molecule has 0 aliphatic heterocycles. The number of hydrogen-bond donors (Lipinski definition) is 9. The van der Waals surface area contributed by atoms with Gasteiger partial charge in [0, 0.05) is 6.54 Å². The third kappa shape index (κ3) is 16.7. The van der Waals surface area contributed by atoms with Gasteiger partial charge in [-0.2, -0.15) is 0 Å². The molecule has 13 N–H and O–H groups in total. The Labute approximate surface area is 272 Å². The number of nitrogens with one attached hydrogen (secondary N) is 5. The molecule has 46 heavy (non-hydrogen) atoms. The van der Waals surface area contributed by atoms with Crippen molar-refractivity contribution in [1.29, 1.82) is 0 Å². The van der Waals surface area contributed by atoms with Crippen LogP contribution in [0.2, 0.25) is 0 Å². The van der Waals surface area contributed by atoms with E-state index in [0.717, 1.165) is 0 Å². The summed E-state index contributed by atoms with van der Waals surface area (Å²) >= 11 is 0. The van der Waals surface area contributed by atoms with Gasteiger partial charge in [0.1, 0.15) is 24.2 Å². The molecule has 0 spiro atoms. The number of hydrogen-bond acceptors (Lipinski definition) is 8. The van der Waals surface area contributed by atoms with Crippen LogP contribution in [0.4, 0.5) is 0 Å². The third-order valence-electron chi connectivity index (χ3n) is 7.06. The zero-order valence-electron chi connectivity index (χ0n) is 28.1. The van der Waals surface area contributed by atoms with E-state index in [4.69, 9.17) is 22.9 Å². The van der Waals surface area contributed by atoms with Crippen molar-refractivity contribution in [2.45, 2.75) is 104 Å². The molecule has 16 heteroatoms. The number of carbonyl (C=O) groups is 6. The fourth-order valence-corrected chi connectivity index (χ4v) is 4.34.